The Balaban J connectivity index is 2.03. The summed E-state index contributed by atoms with van der Waals surface area (Å²) in [7, 11) is 1.32. The minimum atomic E-state index is -0.695. The lowest BCUT2D eigenvalue weighted by molar-refractivity contribution is -0.136. The molecule has 148 valence electrons. The number of allylic oxidation sites excluding steroid dienone is 1. The van der Waals surface area contributed by atoms with Gasteiger partial charge in [-0.3, -0.25) is 9.36 Å². The number of carbonyl (C=O) groups excluding carboxylic acids is 1. The Hall–Kier alpha value is -2.48. The molecule has 0 spiro atoms. The standard InChI is InChI=1S/C21H17ClN2O3S2/c1-11-8-9-28-15(11)10-16-19(25)24-18(13-6-4-5-7-14(13)22)17(20(26)27-3)12(2)23-21(24)29-16/h4-10,18H,1-3H3/b16-10-/t18-/m0/s1. The van der Waals surface area contributed by atoms with Gasteiger partial charge in [-0.05, 0) is 48.6 Å². The van der Waals surface area contributed by atoms with E-state index >= 15 is 0 Å². The van der Waals surface area contributed by atoms with Crippen LogP contribution in [0.15, 0.2) is 56.8 Å². The molecule has 0 N–H and O–H groups in total. The van der Waals surface area contributed by atoms with E-state index in [-0.39, 0.29) is 5.56 Å². The smallest absolute Gasteiger partial charge is 0.338 e. The van der Waals surface area contributed by atoms with E-state index in [9.17, 15) is 9.59 Å². The van der Waals surface area contributed by atoms with Crippen molar-refractivity contribution in [3.8, 4) is 0 Å². The fourth-order valence-electron chi connectivity index (χ4n) is 3.34. The van der Waals surface area contributed by atoms with Gasteiger partial charge in [0.05, 0.1) is 22.9 Å². The summed E-state index contributed by atoms with van der Waals surface area (Å²) in [6.45, 7) is 3.75. The number of hydrogen-bond acceptors (Lipinski definition) is 6. The molecule has 0 unspecified atom stereocenters. The molecule has 4 rings (SSSR count). The van der Waals surface area contributed by atoms with Crippen LogP contribution in [-0.4, -0.2) is 17.6 Å². The predicted molar refractivity (Wildman–Crippen MR) is 116 cm³/mol. The highest BCUT2D eigenvalue weighted by molar-refractivity contribution is 7.11. The lowest BCUT2D eigenvalue weighted by atomic mass is 9.96. The number of aryl methyl sites for hydroxylation is 1. The number of methoxy groups -OCH3 is 1. The number of rotatable bonds is 3. The number of thiophene rings is 1. The second kappa shape index (κ2) is 7.74. The maximum absolute atomic E-state index is 13.4. The fraction of sp³-hybridized carbons (Fsp3) is 0.190. The van der Waals surface area contributed by atoms with Gasteiger partial charge in [-0.15, -0.1) is 11.3 Å². The number of thiazole rings is 1. The lowest BCUT2D eigenvalue weighted by Crippen LogP contribution is -2.39. The number of carbonyl (C=O) groups is 1. The van der Waals surface area contributed by atoms with Crippen LogP contribution in [0.3, 0.4) is 0 Å². The van der Waals surface area contributed by atoms with Crippen molar-refractivity contribution in [2.45, 2.75) is 19.9 Å². The van der Waals surface area contributed by atoms with Crippen molar-refractivity contribution in [1.82, 2.24) is 4.57 Å². The van der Waals surface area contributed by atoms with E-state index in [1.54, 1.807) is 28.9 Å². The molecule has 0 aliphatic carbocycles. The number of nitrogens with zero attached hydrogens (tertiary/aromatic N) is 2. The number of hydrogen-bond donors (Lipinski definition) is 0. The molecular weight excluding hydrogens is 428 g/mol. The number of fused-ring (bicyclic) bond motifs is 1. The second-order valence-electron chi connectivity index (χ2n) is 6.56. The predicted octanol–water partition coefficient (Wildman–Crippen LogP) is 3.43. The summed E-state index contributed by atoms with van der Waals surface area (Å²) >= 11 is 9.34. The molecule has 1 aromatic carbocycles. The molecule has 1 aliphatic rings. The van der Waals surface area contributed by atoms with Crippen molar-refractivity contribution in [3.05, 3.63) is 87.7 Å². The topological polar surface area (TPSA) is 60.7 Å². The highest BCUT2D eigenvalue weighted by Gasteiger charge is 2.34. The zero-order valence-corrected chi connectivity index (χ0v) is 18.3. The monoisotopic (exact) mass is 444 g/mol. The Morgan fingerprint density at radius 2 is 2.03 bits per heavy atom. The fourth-order valence-corrected chi connectivity index (χ4v) is 5.54. The van der Waals surface area contributed by atoms with E-state index in [0.29, 0.717) is 31.2 Å². The molecule has 0 radical (unpaired) electrons. The van der Waals surface area contributed by atoms with Gasteiger partial charge < -0.3 is 4.74 Å². The van der Waals surface area contributed by atoms with Crippen LogP contribution in [0.1, 0.15) is 29.0 Å². The summed E-state index contributed by atoms with van der Waals surface area (Å²) in [6.07, 6.45) is 1.88. The van der Waals surface area contributed by atoms with Gasteiger partial charge in [-0.25, -0.2) is 9.79 Å². The van der Waals surface area contributed by atoms with Gasteiger partial charge in [-0.2, -0.15) is 0 Å². The van der Waals surface area contributed by atoms with Crippen molar-refractivity contribution in [2.24, 2.45) is 4.99 Å². The maximum Gasteiger partial charge on any atom is 0.338 e. The van der Waals surface area contributed by atoms with E-state index in [4.69, 9.17) is 16.3 Å². The number of benzene rings is 1. The van der Waals surface area contributed by atoms with Crippen LogP contribution in [-0.2, 0) is 9.53 Å². The average Bonchev–Trinajstić information content (AvgIpc) is 3.24. The lowest BCUT2D eigenvalue weighted by Gasteiger charge is -2.25. The molecule has 0 fully saturated rings. The van der Waals surface area contributed by atoms with Crippen molar-refractivity contribution < 1.29 is 9.53 Å². The van der Waals surface area contributed by atoms with Gasteiger partial charge >= 0.3 is 5.97 Å². The van der Waals surface area contributed by atoms with Crippen LogP contribution in [0, 0.1) is 6.92 Å². The molecule has 5 nitrogen and oxygen atoms in total. The Morgan fingerprint density at radius 1 is 1.28 bits per heavy atom. The average molecular weight is 445 g/mol. The van der Waals surface area contributed by atoms with Gasteiger partial charge in [0, 0.05) is 9.90 Å². The largest absolute Gasteiger partial charge is 0.466 e. The van der Waals surface area contributed by atoms with Gasteiger partial charge in [0.1, 0.15) is 6.04 Å². The number of halogens is 1. The third-order valence-corrected chi connectivity index (χ3v) is 7.08. The third kappa shape index (κ3) is 3.39. The van der Waals surface area contributed by atoms with Crippen LogP contribution in [0.5, 0.6) is 0 Å². The van der Waals surface area contributed by atoms with Crippen molar-refractivity contribution >= 4 is 46.3 Å². The van der Waals surface area contributed by atoms with Gasteiger partial charge in [0.2, 0.25) is 0 Å². The zero-order chi connectivity index (χ0) is 20.7. The molecule has 3 aromatic rings. The molecule has 2 aromatic heterocycles. The van der Waals surface area contributed by atoms with Gasteiger partial charge in [0.25, 0.3) is 5.56 Å². The summed E-state index contributed by atoms with van der Waals surface area (Å²) in [4.78, 5) is 32.1. The van der Waals surface area contributed by atoms with Crippen LogP contribution in [0.2, 0.25) is 5.02 Å². The molecule has 0 bridgehead atoms. The third-order valence-electron chi connectivity index (χ3n) is 4.79. The Kier molecular flexibility index (Phi) is 5.29. The highest BCUT2D eigenvalue weighted by atomic mass is 35.5. The number of ether oxygens (including phenoxy) is 1. The second-order valence-corrected chi connectivity index (χ2v) is 8.93. The van der Waals surface area contributed by atoms with Crippen LogP contribution < -0.4 is 14.9 Å². The summed E-state index contributed by atoms with van der Waals surface area (Å²) in [5, 5.41) is 2.46. The van der Waals surface area contributed by atoms with Gasteiger partial charge in [-0.1, -0.05) is 41.1 Å². The molecule has 1 atom stereocenters. The minimum absolute atomic E-state index is 0.208. The molecule has 0 amide bonds. The Labute approximate surface area is 179 Å². The normalized spacial score (nSPS) is 16.6. The maximum atomic E-state index is 13.4. The molecule has 3 heterocycles. The van der Waals surface area contributed by atoms with Gasteiger partial charge in [0.15, 0.2) is 4.80 Å². The molecular formula is C21H17ClN2O3S2. The molecule has 0 saturated heterocycles. The van der Waals surface area contributed by atoms with Crippen molar-refractivity contribution in [3.63, 3.8) is 0 Å². The first kappa shape index (κ1) is 19.8. The first-order chi connectivity index (χ1) is 13.9. The summed E-state index contributed by atoms with van der Waals surface area (Å²) in [6, 6.07) is 8.51. The van der Waals surface area contributed by atoms with E-state index in [0.717, 1.165) is 10.4 Å². The first-order valence-corrected chi connectivity index (χ1v) is 10.9. The van der Waals surface area contributed by atoms with Crippen LogP contribution in [0.25, 0.3) is 6.08 Å². The molecule has 8 heteroatoms. The summed E-state index contributed by atoms with van der Waals surface area (Å²) < 4.78 is 7.10. The SMILES string of the molecule is COC(=O)C1=C(C)N=c2s/c(=C\c3sccc3C)c(=O)n2[C@H]1c1ccccc1Cl. The highest BCUT2D eigenvalue weighted by Crippen LogP contribution is 2.34. The van der Waals surface area contributed by atoms with E-state index in [1.165, 1.54) is 18.4 Å². The Morgan fingerprint density at radius 3 is 2.69 bits per heavy atom. The van der Waals surface area contributed by atoms with Crippen LogP contribution in [0.4, 0.5) is 0 Å². The number of esters is 1. The first-order valence-electron chi connectivity index (χ1n) is 8.81. The molecule has 1 aliphatic heterocycles. The minimum Gasteiger partial charge on any atom is -0.466 e. The number of aromatic nitrogens is 1. The van der Waals surface area contributed by atoms with Crippen molar-refractivity contribution in [1.29, 1.82) is 0 Å². The molecule has 29 heavy (non-hydrogen) atoms. The van der Waals surface area contributed by atoms with Crippen LogP contribution >= 0.6 is 34.3 Å². The summed E-state index contributed by atoms with van der Waals surface area (Å²) in [5.74, 6) is -0.528. The van der Waals surface area contributed by atoms with E-state index in [2.05, 4.69) is 4.99 Å². The zero-order valence-electron chi connectivity index (χ0n) is 15.9. The van der Waals surface area contributed by atoms with E-state index in [1.807, 2.05) is 42.6 Å². The summed E-state index contributed by atoms with van der Waals surface area (Å²) in [5.41, 5.74) is 2.38. The van der Waals surface area contributed by atoms with E-state index < -0.39 is 12.0 Å². The Bertz CT molecular complexity index is 1330. The van der Waals surface area contributed by atoms with Crippen molar-refractivity contribution in [2.75, 3.05) is 7.11 Å². The molecule has 0 saturated carbocycles. The quantitative estimate of drug-likeness (QED) is 0.581.